The predicted octanol–water partition coefficient (Wildman–Crippen LogP) is 2.50. The highest BCUT2D eigenvalue weighted by atomic mass is 16.1. The Labute approximate surface area is 86.8 Å². The molecule has 1 N–H and O–H groups in total. The van der Waals surface area contributed by atoms with Crippen LogP contribution in [0.5, 0.6) is 0 Å². The normalized spacial score (nSPS) is 24.9. The lowest BCUT2D eigenvalue weighted by atomic mass is 9.93. The smallest absolute Gasteiger partial charge is 0.223 e. The zero-order valence-electron chi connectivity index (χ0n) is 9.09. The van der Waals surface area contributed by atoms with Crippen LogP contribution in [-0.2, 0) is 4.79 Å². The fourth-order valence-electron chi connectivity index (χ4n) is 1.86. The van der Waals surface area contributed by atoms with Crippen LogP contribution in [-0.4, -0.2) is 12.5 Å². The molecule has 0 aliphatic carbocycles. The molecule has 0 radical (unpaired) electrons. The Morgan fingerprint density at radius 3 is 3.14 bits per heavy atom. The Morgan fingerprint density at radius 2 is 2.43 bits per heavy atom. The molecule has 0 aromatic carbocycles. The molecule has 1 saturated heterocycles. The van der Waals surface area contributed by atoms with Gasteiger partial charge >= 0.3 is 0 Å². The largest absolute Gasteiger partial charge is 0.356 e. The second kappa shape index (κ2) is 5.84. The third-order valence-electron chi connectivity index (χ3n) is 3.02. The van der Waals surface area contributed by atoms with Crippen LogP contribution >= 0.6 is 0 Å². The predicted molar refractivity (Wildman–Crippen MR) is 58.9 cm³/mol. The molecule has 1 amide bonds. The van der Waals surface area contributed by atoms with E-state index in [-0.39, 0.29) is 11.8 Å². The zero-order chi connectivity index (χ0) is 10.4. The van der Waals surface area contributed by atoms with Crippen molar-refractivity contribution in [3.8, 4) is 0 Å². The molecule has 1 fully saturated rings. The van der Waals surface area contributed by atoms with E-state index in [2.05, 4.69) is 18.8 Å². The summed E-state index contributed by atoms with van der Waals surface area (Å²) in [4.78, 5) is 11.6. The van der Waals surface area contributed by atoms with Crippen LogP contribution in [0, 0.1) is 11.8 Å². The summed E-state index contributed by atoms with van der Waals surface area (Å²) in [7, 11) is 0. The zero-order valence-corrected chi connectivity index (χ0v) is 9.09. The van der Waals surface area contributed by atoms with E-state index < -0.39 is 0 Å². The molecule has 0 bridgehead atoms. The maximum absolute atomic E-state index is 11.6. The van der Waals surface area contributed by atoms with Crippen LogP contribution in [0.15, 0.2) is 12.7 Å². The Hall–Kier alpha value is -0.790. The summed E-state index contributed by atoms with van der Waals surface area (Å²) in [6, 6.07) is 0. The minimum Gasteiger partial charge on any atom is -0.356 e. The highest BCUT2D eigenvalue weighted by Gasteiger charge is 2.20. The lowest BCUT2D eigenvalue weighted by Gasteiger charge is -2.14. The molecule has 2 heteroatoms. The van der Waals surface area contributed by atoms with E-state index in [0.717, 1.165) is 32.2 Å². The maximum atomic E-state index is 11.6. The first-order valence-corrected chi connectivity index (χ1v) is 5.64. The van der Waals surface area contributed by atoms with E-state index in [1.807, 2.05) is 6.08 Å². The van der Waals surface area contributed by atoms with E-state index in [1.54, 1.807) is 0 Å². The molecule has 2 atom stereocenters. The number of allylic oxidation sites excluding steroid dienone is 1. The van der Waals surface area contributed by atoms with Crippen LogP contribution in [0.1, 0.15) is 39.0 Å². The van der Waals surface area contributed by atoms with Crippen molar-refractivity contribution in [1.29, 1.82) is 0 Å². The van der Waals surface area contributed by atoms with Crippen molar-refractivity contribution >= 4 is 5.91 Å². The molecule has 0 aromatic heterocycles. The lowest BCUT2D eigenvalue weighted by Crippen LogP contribution is -2.29. The molecule has 0 saturated carbocycles. The van der Waals surface area contributed by atoms with Gasteiger partial charge in [-0.25, -0.2) is 0 Å². The number of amides is 1. The fourth-order valence-corrected chi connectivity index (χ4v) is 1.86. The molecule has 1 rings (SSSR count). The summed E-state index contributed by atoms with van der Waals surface area (Å²) in [5, 5.41) is 2.97. The van der Waals surface area contributed by atoms with Crippen molar-refractivity contribution in [2.45, 2.75) is 39.0 Å². The molecular formula is C12H21NO. The summed E-state index contributed by atoms with van der Waals surface area (Å²) < 4.78 is 0. The average molecular weight is 195 g/mol. The quantitative estimate of drug-likeness (QED) is 0.686. The van der Waals surface area contributed by atoms with E-state index in [1.165, 1.54) is 6.42 Å². The Bertz CT molecular complexity index is 200. The monoisotopic (exact) mass is 195 g/mol. The third kappa shape index (κ3) is 3.52. The van der Waals surface area contributed by atoms with E-state index in [0.29, 0.717) is 5.92 Å². The van der Waals surface area contributed by atoms with E-state index in [4.69, 9.17) is 0 Å². The first-order valence-electron chi connectivity index (χ1n) is 5.64. The van der Waals surface area contributed by atoms with Gasteiger partial charge in [0.2, 0.25) is 5.91 Å². The van der Waals surface area contributed by atoms with Crippen molar-refractivity contribution in [2.75, 3.05) is 6.54 Å². The summed E-state index contributed by atoms with van der Waals surface area (Å²) in [5.74, 6) is 1.05. The van der Waals surface area contributed by atoms with Gasteiger partial charge in [-0.05, 0) is 31.6 Å². The maximum Gasteiger partial charge on any atom is 0.223 e. The van der Waals surface area contributed by atoms with Gasteiger partial charge in [0.15, 0.2) is 0 Å². The SMILES string of the molecule is C=CC(C)CCC1CCCCNC1=O. The number of hydrogen-bond donors (Lipinski definition) is 1. The summed E-state index contributed by atoms with van der Waals surface area (Å²) in [5.41, 5.74) is 0. The van der Waals surface area contributed by atoms with Crippen molar-refractivity contribution in [1.82, 2.24) is 5.32 Å². The third-order valence-corrected chi connectivity index (χ3v) is 3.02. The molecule has 14 heavy (non-hydrogen) atoms. The van der Waals surface area contributed by atoms with Gasteiger partial charge < -0.3 is 5.32 Å². The number of rotatable bonds is 4. The van der Waals surface area contributed by atoms with Gasteiger partial charge in [0.25, 0.3) is 0 Å². The second-order valence-electron chi connectivity index (χ2n) is 4.27. The van der Waals surface area contributed by atoms with Gasteiger partial charge in [0, 0.05) is 12.5 Å². The van der Waals surface area contributed by atoms with Crippen LogP contribution in [0.3, 0.4) is 0 Å². The lowest BCUT2D eigenvalue weighted by molar-refractivity contribution is -0.124. The molecule has 0 aromatic rings. The topological polar surface area (TPSA) is 29.1 Å². The fraction of sp³-hybridized carbons (Fsp3) is 0.750. The number of carbonyl (C=O) groups excluding carboxylic acids is 1. The Kier molecular flexibility index (Phi) is 4.71. The molecule has 2 unspecified atom stereocenters. The Balaban J connectivity index is 2.33. The first kappa shape index (κ1) is 11.3. The highest BCUT2D eigenvalue weighted by Crippen LogP contribution is 2.20. The van der Waals surface area contributed by atoms with Crippen LogP contribution in [0.4, 0.5) is 0 Å². The molecular weight excluding hydrogens is 174 g/mol. The number of carbonyl (C=O) groups is 1. The molecule has 80 valence electrons. The van der Waals surface area contributed by atoms with Crippen molar-refractivity contribution in [3.05, 3.63) is 12.7 Å². The minimum atomic E-state index is 0.250. The van der Waals surface area contributed by atoms with Crippen LogP contribution in [0.2, 0.25) is 0 Å². The second-order valence-corrected chi connectivity index (χ2v) is 4.27. The van der Waals surface area contributed by atoms with Crippen molar-refractivity contribution < 1.29 is 4.79 Å². The van der Waals surface area contributed by atoms with Gasteiger partial charge in [-0.1, -0.05) is 19.4 Å². The van der Waals surface area contributed by atoms with E-state index >= 15 is 0 Å². The average Bonchev–Trinajstić information content (AvgIpc) is 2.39. The minimum absolute atomic E-state index is 0.250. The van der Waals surface area contributed by atoms with Crippen LogP contribution < -0.4 is 5.32 Å². The van der Waals surface area contributed by atoms with Gasteiger partial charge in [0.1, 0.15) is 0 Å². The first-order chi connectivity index (χ1) is 6.74. The summed E-state index contributed by atoms with van der Waals surface area (Å²) in [6.45, 7) is 6.78. The van der Waals surface area contributed by atoms with Crippen molar-refractivity contribution in [2.24, 2.45) is 11.8 Å². The van der Waals surface area contributed by atoms with Gasteiger partial charge in [-0.2, -0.15) is 0 Å². The Morgan fingerprint density at radius 1 is 1.64 bits per heavy atom. The number of nitrogens with one attached hydrogen (secondary N) is 1. The van der Waals surface area contributed by atoms with E-state index in [9.17, 15) is 4.79 Å². The summed E-state index contributed by atoms with van der Waals surface area (Å²) >= 11 is 0. The molecule has 1 aliphatic rings. The molecule has 1 heterocycles. The molecule has 2 nitrogen and oxygen atoms in total. The van der Waals surface area contributed by atoms with Crippen LogP contribution in [0.25, 0.3) is 0 Å². The van der Waals surface area contributed by atoms with Gasteiger partial charge in [-0.15, -0.1) is 6.58 Å². The standard InChI is InChI=1S/C12H21NO/c1-3-10(2)7-8-11-6-4-5-9-13-12(11)14/h3,10-11H,1,4-9H2,2H3,(H,13,14). The summed E-state index contributed by atoms with van der Waals surface area (Å²) in [6.07, 6.45) is 7.45. The van der Waals surface area contributed by atoms with Crippen molar-refractivity contribution in [3.63, 3.8) is 0 Å². The van der Waals surface area contributed by atoms with Gasteiger partial charge in [-0.3, -0.25) is 4.79 Å². The van der Waals surface area contributed by atoms with Gasteiger partial charge in [0.05, 0.1) is 0 Å². The number of hydrogen-bond acceptors (Lipinski definition) is 1. The highest BCUT2D eigenvalue weighted by molar-refractivity contribution is 5.78. The molecule has 1 aliphatic heterocycles. The molecule has 0 spiro atoms.